The molecule has 0 radical (unpaired) electrons. The summed E-state index contributed by atoms with van der Waals surface area (Å²) in [5.74, 6) is 0. The molecular weight excluding hydrogens is 252 g/mol. The Balaban J connectivity index is 2.32. The smallest absolute Gasteiger partial charge is 0.269 e. The molecule has 0 bridgehead atoms. The quantitative estimate of drug-likeness (QED) is 0.838. The lowest BCUT2D eigenvalue weighted by Gasteiger charge is -2.17. The van der Waals surface area contributed by atoms with Crippen molar-refractivity contribution in [1.82, 2.24) is 14.5 Å². The van der Waals surface area contributed by atoms with Gasteiger partial charge in [0.25, 0.3) is 12.0 Å². The van der Waals surface area contributed by atoms with E-state index in [-0.39, 0.29) is 6.04 Å². The molecule has 2 heterocycles. The highest BCUT2D eigenvalue weighted by molar-refractivity contribution is 5.74. The standard InChI is InChI=1S/C13H13F2N3O/c14-11(15)10-5-8-6-16-7-17-12(8)18(13(10)19)9-3-1-2-4-9/h5-7,9,11H,1-4H2. The van der Waals surface area contributed by atoms with Crippen molar-refractivity contribution < 1.29 is 8.78 Å². The first-order valence-electron chi connectivity index (χ1n) is 6.32. The Morgan fingerprint density at radius 1 is 1.32 bits per heavy atom. The van der Waals surface area contributed by atoms with Crippen LogP contribution in [0.25, 0.3) is 11.0 Å². The van der Waals surface area contributed by atoms with E-state index in [0.29, 0.717) is 11.0 Å². The molecule has 0 spiro atoms. The van der Waals surface area contributed by atoms with Crippen LogP contribution in [-0.2, 0) is 0 Å². The van der Waals surface area contributed by atoms with Gasteiger partial charge in [-0.25, -0.2) is 18.7 Å². The summed E-state index contributed by atoms with van der Waals surface area (Å²) in [7, 11) is 0. The second kappa shape index (κ2) is 4.68. The van der Waals surface area contributed by atoms with Gasteiger partial charge in [0.2, 0.25) is 0 Å². The molecule has 0 aromatic carbocycles. The summed E-state index contributed by atoms with van der Waals surface area (Å²) in [6, 6.07) is 1.18. The molecule has 2 aromatic heterocycles. The van der Waals surface area contributed by atoms with Crippen molar-refractivity contribution in [1.29, 1.82) is 0 Å². The number of fused-ring (bicyclic) bond motifs is 1. The molecule has 0 amide bonds. The predicted octanol–water partition coefficient (Wildman–Crippen LogP) is 2.84. The lowest BCUT2D eigenvalue weighted by atomic mass is 10.1. The summed E-state index contributed by atoms with van der Waals surface area (Å²) in [6.45, 7) is 0. The topological polar surface area (TPSA) is 47.8 Å². The lowest BCUT2D eigenvalue weighted by Crippen LogP contribution is -2.27. The molecule has 19 heavy (non-hydrogen) atoms. The van der Waals surface area contributed by atoms with Gasteiger partial charge in [0.05, 0.1) is 5.56 Å². The fourth-order valence-corrected chi connectivity index (χ4v) is 2.76. The number of rotatable bonds is 2. The van der Waals surface area contributed by atoms with E-state index in [9.17, 15) is 13.6 Å². The number of hydrogen-bond acceptors (Lipinski definition) is 3. The fraction of sp³-hybridized carbons (Fsp3) is 0.462. The SMILES string of the molecule is O=c1c(C(F)F)cc2cncnc2n1C1CCCC1. The molecule has 100 valence electrons. The van der Waals surface area contributed by atoms with Crippen LogP contribution in [0.15, 0.2) is 23.4 Å². The number of pyridine rings is 1. The molecule has 1 aliphatic carbocycles. The molecule has 1 aliphatic rings. The molecule has 0 saturated heterocycles. The minimum absolute atomic E-state index is 0.0244. The Labute approximate surface area is 108 Å². The Kier molecular flexibility index (Phi) is 3.00. The Morgan fingerprint density at radius 2 is 2.05 bits per heavy atom. The van der Waals surface area contributed by atoms with E-state index in [2.05, 4.69) is 9.97 Å². The Hall–Kier alpha value is -1.85. The van der Waals surface area contributed by atoms with Crippen molar-refractivity contribution >= 4 is 11.0 Å². The minimum atomic E-state index is -2.77. The van der Waals surface area contributed by atoms with E-state index < -0.39 is 17.5 Å². The van der Waals surface area contributed by atoms with E-state index in [4.69, 9.17) is 0 Å². The maximum atomic E-state index is 13.0. The van der Waals surface area contributed by atoms with Gasteiger partial charge < -0.3 is 0 Å². The van der Waals surface area contributed by atoms with Crippen molar-refractivity contribution in [2.45, 2.75) is 38.2 Å². The largest absolute Gasteiger partial charge is 0.289 e. The van der Waals surface area contributed by atoms with E-state index in [1.807, 2.05) is 0 Å². The summed E-state index contributed by atoms with van der Waals surface area (Å²) in [6.07, 6.45) is 3.75. The van der Waals surface area contributed by atoms with Crippen LogP contribution in [0.2, 0.25) is 0 Å². The molecule has 4 nitrogen and oxygen atoms in total. The highest BCUT2D eigenvalue weighted by Gasteiger charge is 2.24. The zero-order valence-electron chi connectivity index (χ0n) is 10.2. The van der Waals surface area contributed by atoms with Crippen LogP contribution in [0.5, 0.6) is 0 Å². The maximum Gasteiger partial charge on any atom is 0.269 e. The van der Waals surface area contributed by atoms with E-state index in [0.717, 1.165) is 25.7 Å². The van der Waals surface area contributed by atoms with Gasteiger partial charge in [-0.05, 0) is 18.9 Å². The molecule has 0 aliphatic heterocycles. The molecule has 0 unspecified atom stereocenters. The average Bonchev–Trinajstić information content (AvgIpc) is 2.91. The Bertz CT molecular complexity index is 662. The second-order valence-corrected chi connectivity index (χ2v) is 4.82. The zero-order valence-corrected chi connectivity index (χ0v) is 10.2. The third-order valence-corrected chi connectivity index (χ3v) is 3.65. The maximum absolute atomic E-state index is 13.0. The highest BCUT2D eigenvalue weighted by atomic mass is 19.3. The van der Waals surface area contributed by atoms with Gasteiger partial charge in [0.1, 0.15) is 12.0 Å². The van der Waals surface area contributed by atoms with Crippen LogP contribution in [0.3, 0.4) is 0 Å². The number of aromatic nitrogens is 3. The molecule has 1 fully saturated rings. The van der Waals surface area contributed by atoms with Gasteiger partial charge in [-0.15, -0.1) is 0 Å². The van der Waals surface area contributed by atoms with Crippen molar-refractivity contribution in [3.8, 4) is 0 Å². The normalized spacial score (nSPS) is 16.6. The molecule has 2 aromatic rings. The van der Waals surface area contributed by atoms with Crippen LogP contribution in [0.1, 0.15) is 43.7 Å². The fourth-order valence-electron chi connectivity index (χ4n) is 2.76. The predicted molar refractivity (Wildman–Crippen MR) is 66.3 cm³/mol. The third kappa shape index (κ3) is 2.01. The monoisotopic (exact) mass is 265 g/mol. The molecule has 6 heteroatoms. The van der Waals surface area contributed by atoms with Gasteiger partial charge in [-0.1, -0.05) is 12.8 Å². The van der Waals surface area contributed by atoms with Gasteiger partial charge in [-0.2, -0.15) is 0 Å². The van der Waals surface area contributed by atoms with Crippen LogP contribution in [0, 0.1) is 0 Å². The molecule has 0 N–H and O–H groups in total. The summed E-state index contributed by atoms with van der Waals surface area (Å²) in [5.41, 5.74) is -0.626. The van der Waals surface area contributed by atoms with Crippen LogP contribution in [0.4, 0.5) is 8.78 Å². The van der Waals surface area contributed by atoms with Crippen LogP contribution in [-0.4, -0.2) is 14.5 Å². The van der Waals surface area contributed by atoms with E-state index >= 15 is 0 Å². The van der Waals surface area contributed by atoms with Gasteiger partial charge >= 0.3 is 0 Å². The van der Waals surface area contributed by atoms with Crippen molar-refractivity contribution in [2.75, 3.05) is 0 Å². The second-order valence-electron chi connectivity index (χ2n) is 4.82. The molecule has 1 saturated carbocycles. The number of hydrogen-bond donors (Lipinski definition) is 0. The zero-order chi connectivity index (χ0) is 13.4. The van der Waals surface area contributed by atoms with Gasteiger partial charge in [0, 0.05) is 17.6 Å². The Morgan fingerprint density at radius 3 is 2.74 bits per heavy atom. The average molecular weight is 265 g/mol. The van der Waals surface area contributed by atoms with Crippen molar-refractivity contribution in [3.05, 3.63) is 34.5 Å². The van der Waals surface area contributed by atoms with Crippen molar-refractivity contribution in [2.24, 2.45) is 0 Å². The van der Waals surface area contributed by atoms with Gasteiger partial charge in [0.15, 0.2) is 0 Å². The number of alkyl halides is 2. The molecule has 0 atom stereocenters. The number of nitrogens with zero attached hydrogens (tertiary/aromatic N) is 3. The van der Waals surface area contributed by atoms with Gasteiger partial charge in [-0.3, -0.25) is 9.36 Å². The summed E-state index contributed by atoms with van der Waals surface area (Å²) in [4.78, 5) is 20.2. The summed E-state index contributed by atoms with van der Waals surface area (Å²) < 4.78 is 27.4. The number of halogens is 2. The van der Waals surface area contributed by atoms with E-state index in [1.54, 1.807) is 0 Å². The van der Waals surface area contributed by atoms with E-state index in [1.165, 1.54) is 23.2 Å². The highest BCUT2D eigenvalue weighted by Crippen LogP contribution is 2.31. The van der Waals surface area contributed by atoms with Crippen LogP contribution < -0.4 is 5.56 Å². The third-order valence-electron chi connectivity index (χ3n) is 3.65. The first-order chi connectivity index (χ1) is 9.18. The van der Waals surface area contributed by atoms with Crippen LogP contribution >= 0.6 is 0 Å². The first kappa shape index (κ1) is 12.2. The summed E-state index contributed by atoms with van der Waals surface area (Å²) in [5, 5.41) is 0.490. The minimum Gasteiger partial charge on any atom is -0.289 e. The molecular formula is C13H13F2N3O. The van der Waals surface area contributed by atoms with Crippen molar-refractivity contribution in [3.63, 3.8) is 0 Å². The first-order valence-corrected chi connectivity index (χ1v) is 6.32. The summed E-state index contributed by atoms with van der Waals surface area (Å²) >= 11 is 0. The molecule has 3 rings (SSSR count). The lowest BCUT2D eigenvalue weighted by molar-refractivity contribution is 0.149.